The van der Waals surface area contributed by atoms with Crippen molar-refractivity contribution in [2.75, 3.05) is 0 Å². The van der Waals surface area contributed by atoms with Crippen molar-refractivity contribution < 1.29 is 14.7 Å². The van der Waals surface area contributed by atoms with E-state index < -0.39 is 12.0 Å². The summed E-state index contributed by atoms with van der Waals surface area (Å²) in [7, 11) is 0. The van der Waals surface area contributed by atoms with Crippen LogP contribution in [0.4, 0.5) is 0 Å². The van der Waals surface area contributed by atoms with Crippen LogP contribution in [0.3, 0.4) is 0 Å². The monoisotopic (exact) mass is 257 g/mol. The van der Waals surface area contributed by atoms with Gasteiger partial charge in [-0.15, -0.1) is 6.58 Å². The second-order valence-corrected chi connectivity index (χ2v) is 4.52. The molecule has 0 aliphatic carbocycles. The quantitative estimate of drug-likeness (QED) is 0.658. The van der Waals surface area contributed by atoms with Crippen molar-refractivity contribution >= 4 is 11.9 Å². The first-order valence-corrected chi connectivity index (χ1v) is 6.06. The van der Waals surface area contributed by atoms with Crippen LogP contribution in [0.15, 0.2) is 48.6 Å². The van der Waals surface area contributed by atoms with Crippen molar-refractivity contribution in [1.29, 1.82) is 0 Å². The molecule has 1 aromatic rings. The molecule has 1 N–H and O–H groups in total. The molecule has 2 atom stereocenters. The third-order valence-corrected chi connectivity index (χ3v) is 3.38. The molecule has 1 heterocycles. The molecule has 2 rings (SSSR count). The van der Waals surface area contributed by atoms with Crippen LogP contribution >= 0.6 is 0 Å². The Hall–Kier alpha value is -2.16. The fourth-order valence-corrected chi connectivity index (χ4v) is 2.45. The van der Waals surface area contributed by atoms with Gasteiger partial charge in [-0.2, -0.15) is 0 Å². The van der Waals surface area contributed by atoms with Crippen molar-refractivity contribution in [3.63, 3.8) is 0 Å². The van der Waals surface area contributed by atoms with Crippen molar-refractivity contribution in [3.05, 3.63) is 54.1 Å². The van der Waals surface area contributed by atoms with E-state index in [2.05, 4.69) is 6.58 Å². The highest BCUT2D eigenvalue weighted by atomic mass is 16.4. The highest BCUT2D eigenvalue weighted by molar-refractivity contribution is 5.77. The van der Waals surface area contributed by atoms with Gasteiger partial charge >= 0.3 is 5.97 Å². The molecule has 4 nitrogen and oxygen atoms in total. The summed E-state index contributed by atoms with van der Waals surface area (Å²) >= 11 is 0. The highest BCUT2D eigenvalue weighted by Gasteiger charge is 2.40. The van der Waals surface area contributed by atoms with Gasteiger partial charge in [-0.25, -0.2) is 4.79 Å². The third-order valence-electron chi connectivity index (χ3n) is 3.38. The number of hydrogen-bond donors (Lipinski definition) is 1. The van der Waals surface area contributed by atoms with Gasteiger partial charge in [-0.05, 0) is 5.56 Å². The summed E-state index contributed by atoms with van der Waals surface area (Å²) in [6.07, 6.45) is 1.81. The van der Waals surface area contributed by atoms with Crippen LogP contribution in [-0.2, 0) is 16.1 Å². The first-order valence-electron chi connectivity index (χ1n) is 6.06. The van der Waals surface area contributed by atoms with Gasteiger partial charge in [0.2, 0.25) is 0 Å². The predicted molar refractivity (Wildman–Crippen MR) is 71.2 cm³/mol. The molecule has 19 heavy (non-hydrogen) atoms. The molecule has 0 amide bonds. The lowest BCUT2D eigenvalue weighted by molar-refractivity contribution is -0.142. The van der Waals surface area contributed by atoms with Crippen molar-refractivity contribution in [2.24, 2.45) is 0 Å². The minimum atomic E-state index is -0.923. The largest absolute Gasteiger partial charge is 0.480 e. The zero-order valence-corrected chi connectivity index (χ0v) is 10.5. The topological polar surface area (TPSA) is 57.6 Å². The number of carbonyl (C=O) groups is 1. The molecule has 0 radical (unpaired) electrons. The zero-order valence-electron chi connectivity index (χ0n) is 10.5. The number of likely N-dealkylation sites (tertiary alicyclic amines) is 1. The maximum absolute atomic E-state index is 11.3. The van der Waals surface area contributed by atoms with E-state index >= 15 is 0 Å². The number of carboxylic acid groups (broad SMARTS) is 1. The Morgan fingerprint density at radius 3 is 2.68 bits per heavy atom. The maximum Gasteiger partial charge on any atom is 0.321 e. The van der Waals surface area contributed by atoms with Gasteiger partial charge < -0.3 is 5.11 Å². The van der Waals surface area contributed by atoms with Gasteiger partial charge in [0, 0.05) is 18.5 Å². The van der Waals surface area contributed by atoms with E-state index in [9.17, 15) is 14.7 Å². The van der Waals surface area contributed by atoms with Crippen LogP contribution in [0.25, 0.3) is 0 Å². The molecule has 1 saturated heterocycles. The molecule has 4 heteroatoms. The molecule has 2 unspecified atom stereocenters. The Balaban J connectivity index is 2.30. The third kappa shape index (κ3) is 2.65. The standard InChI is InChI=1S/C15H15NO3/c1-2-13-12(10-17)8-14(15(18)19)16(13)9-11-6-4-3-5-7-11/h2-7,13-14H,1,8-9H2,(H,18,19). The van der Waals surface area contributed by atoms with Gasteiger partial charge in [-0.1, -0.05) is 36.4 Å². The first kappa shape index (κ1) is 13.3. The molecule has 1 fully saturated rings. The van der Waals surface area contributed by atoms with Crippen LogP contribution < -0.4 is 0 Å². The van der Waals surface area contributed by atoms with Gasteiger partial charge in [-0.3, -0.25) is 9.69 Å². The summed E-state index contributed by atoms with van der Waals surface area (Å²) < 4.78 is 0. The number of hydrogen-bond acceptors (Lipinski definition) is 3. The Morgan fingerprint density at radius 2 is 2.16 bits per heavy atom. The minimum Gasteiger partial charge on any atom is -0.480 e. The second kappa shape index (κ2) is 5.65. The molecule has 0 saturated carbocycles. The summed E-state index contributed by atoms with van der Waals surface area (Å²) in [5, 5.41) is 9.27. The molecule has 0 bridgehead atoms. The fourth-order valence-electron chi connectivity index (χ4n) is 2.45. The second-order valence-electron chi connectivity index (χ2n) is 4.52. The molecule has 1 aliphatic rings. The Kier molecular flexibility index (Phi) is 3.95. The van der Waals surface area contributed by atoms with Crippen molar-refractivity contribution in [2.45, 2.75) is 25.0 Å². The summed E-state index contributed by atoms with van der Waals surface area (Å²) in [6.45, 7) is 4.16. The van der Waals surface area contributed by atoms with Crippen molar-refractivity contribution in [1.82, 2.24) is 4.90 Å². The van der Waals surface area contributed by atoms with Gasteiger partial charge in [0.1, 0.15) is 12.0 Å². The predicted octanol–water partition coefficient (Wildman–Crippen LogP) is 1.66. The van der Waals surface area contributed by atoms with E-state index in [4.69, 9.17) is 0 Å². The molecule has 0 spiro atoms. The van der Waals surface area contributed by atoms with E-state index in [0.29, 0.717) is 12.1 Å². The maximum atomic E-state index is 11.3. The van der Waals surface area contributed by atoms with E-state index in [1.54, 1.807) is 11.0 Å². The van der Waals surface area contributed by atoms with E-state index in [1.165, 1.54) is 0 Å². The average molecular weight is 257 g/mol. The normalized spacial score (nSPS) is 23.1. The lowest BCUT2D eigenvalue weighted by Crippen LogP contribution is -2.39. The van der Waals surface area contributed by atoms with Gasteiger partial charge in [0.15, 0.2) is 0 Å². The lowest BCUT2D eigenvalue weighted by Gasteiger charge is -2.25. The first-order chi connectivity index (χ1) is 9.17. The van der Waals surface area contributed by atoms with Crippen LogP contribution in [0, 0.1) is 0 Å². The molecular formula is C15H15NO3. The lowest BCUT2D eigenvalue weighted by atomic mass is 10.1. The van der Waals surface area contributed by atoms with Crippen LogP contribution in [0.5, 0.6) is 0 Å². The number of benzene rings is 1. The summed E-state index contributed by atoms with van der Waals surface area (Å²) in [4.78, 5) is 24.0. The van der Waals surface area contributed by atoms with Crippen molar-refractivity contribution in [3.8, 4) is 0 Å². The zero-order chi connectivity index (χ0) is 13.8. The van der Waals surface area contributed by atoms with E-state index in [0.717, 1.165) is 5.56 Å². The minimum absolute atomic E-state index is 0.211. The van der Waals surface area contributed by atoms with Crippen LogP contribution in [0.1, 0.15) is 12.0 Å². The average Bonchev–Trinajstić information content (AvgIpc) is 2.77. The van der Waals surface area contributed by atoms with E-state index in [-0.39, 0.29) is 12.5 Å². The number of rotatable bonds is 4. The van der Waals surface area contributed by atoms with Gasteiger partial charge in [0.25, 0.3) is 0 Å². The number of nitrogens with zero attached hydrogens (tertiary/aromatic N) is 1. The van der Waals surface area contributed by atoms with Gasteiger partial charge in [0.05, 0.1) is 6.04 Å². The molecule has 98 valence electrons. The molecule has 0 aromatic heterocycles. The van der Waals surface area contributed by atoms with Crippen LogP contribution in [0.2, 0.25) is 0 Å². The Bertz CT molecular complexity index is 532. The Labute approximate surface area is 111 Å². The Morgan fingerprint density at radius 1 is 1.47 bits per heavy atom. The summed E-state index contributed by atoms with van der Waals surface area (Å²) in [5.74, 6) is 0.933. The smallest absolute Gasteiger partial charge is 0.321 e. The van der Waals surface area contributed by atoms with Crippen LogP contribution in [-0.4, -0.2) is 34.0 Å². The highest BCUT2D eigenvalue weighted by Crippen LogP contribution is 2.30. The number of aliphatic carboxylic acids is 1. The number of carboxylic acids is 1. The SMILES string of the molecule is C=CC1C(=C=O)CC(C(=O)O)N1Cc1ccccc1. The molecule has 1 aromatic carbocycles. The fraction of sp³-hybridized carbons (Fsp3) is 0.267. The van der Waals surface area contributed by atoms with E-state index in [1.807, 2.05) is 36.3 Å². The molecular weight excluding hydrogens is 242 g/mol. The number of carbonyl (C=O) groups excluding carboxylic acids is 1. The summed E-state index contributed by atoms with van der Waals surface area (Å²) in [6, 6.07) is 8.53. The molecule has 1 aliphatic heterocycles. The summed E-state index contributed by atoms with van der Waals surface area (Å²) in [5.41, 5.74) is 1.46.